The van der Waals surface area contributed by atoms with Crippen LogP contribution >= 0.6 is 11.6 Å². The van der Waals surface area contributed by atoms with Crippen LogP contribution in [0.15, 0.2) is 48.7 Å². The number of alkyl halides is 3. The molecule has 182 valence electrons. The fraction of sp³-hybridized carbons (Fsp3) is 0.375. The van der Waals surface area contributed by atoms with Crippen molar-refractivity contribution in [2.75, 3.05) is 18.4 Å². The number of hydrogen-bond donors (Lipinski definition) is 2. The lowest BCUT2D eigenvalue weighted by molar-refractivity contribution is -0.180. The summed E-state index contributed by atoms with van der Waals surface area (Å²) < 4.78 is 41.2. The molecule has 2 aromatic heterocycles. The Morgan fingerprint density at radius 1 is 1.23 bits per heavy atom. The second-order valence-corrected chi connectivity index (χ2v) is 8.85. The highest BCUT2D eigenvalue weighted by Gasteiger charge is 2.46. The number of aromatic nitrogens is 3. The van der Waals surface area contributed by atoms with Gasteiger partial charge in [0.1, 0.15) is 13.7 Å². The van der Waals surface area contributed by atoms with E-state index in [0.717, 1.165) is 11.6 Å². The summed E-state index contributed by atoms with van der Waals surface area (Å²) in [5.74, 6) is -2.66. The van der Waals surface area contributed by atoms with E-state index in [1.54, 1.807) is 10.6 Å². The van der Waals surface area contributed by atoms with Gasteiger partial charge in [-0.3, -0.25) is 4.79 Å². The molecule has 1 aliphatic carbocycles. The number of halogens is 4. The SMILES string of the molecule is [B]c1cnn2c(NCCCCNC(=O)C3CCC=CC3C(F)(F)F)cc(-c3ccccc3Cl)nc12. The Bertz CT molecular complexity index is 1230. The molecule has 0 saturated carbocycles. The molecule has 2 unspecified atom stereocenters. The Morgan fingerprint density at radius 2 is 2.00 bits per heavy atom. The number of nitrogens with zero attached hydrogens (tertiary/aromatic N) is 3. The minimum absolute atomic E-state index is 0.201. The minimum atomic E-state index is -4.42. The number of nitrogens with one attached hydrogen (secondary N) is 2. The van der Waals surface area contributed by atoms with E-state index in [1.165, 1.54) is 12.3 Å². The molecular formula is C24H24BClF3N5O. The van der Waals surface area contributed by atoms with E-state index in [-0.39, 0.29) is 6.42 Å². The quantitative estimate of drug-likeness (QED) is 0.274. The Hall–Kier alpha value is -3.01. The molecule has 0 saturated heterocycles. The predicted octanol–water partition coefficient (Wildman–Crippen LogP) is 4.30. The maximum absolute atomic E-state index is 13.2. The van der Waals surface area contributed by atoms with Crippen LogP contribution in [0.3, 0.4) is 0 Å². The van der Waals surface area contributed by atoms with E-state index in [0.29, 0.717) is 60.0 Å². The van der Waals surface area contributed by atoms with Gasteiger partial charge in [-0.1, -0.05) is 42.0 Å². The van der Waals surface area contributed by atoms with E-state index in [4.69, 9.17) is 19.4 Å². The first-order chi connectivity index (χ1) is 16.8. The second kappa shape index (κ2) is 10.7. The van der Waals surface area contributed by atoms with Gasteiger partial charge in [0.15, 0.2) is 5.65 Å². The lowest BCUT2D eigenvalue weighted by atomic mass is 9.83. The highest BCUT2D eigenvalue weighted by Crippen LogP contribution is 2.38. The Morgan fingerprint density at radius 3 is 2.77 bits per heavy atom. The zero-order valence-electron chi connectivity index (χ0n) is 18.9. The average molecular weight is 502 g/mol. The number of benzene rings is 1. The van der Waals surface area contributed by atoms with Crippen molar-refractivity contribution in [2.24, 2.45) is 11.8 Å². The summed E-state index contributed by atoms with van der Waals surface area (Å²) in [5, 5.41) is 10.8. The maximum atomic E-state index is 13.2. The summed E-state index contributed by atoms with van der Waals surface area (Å²) >= 11 is 6.34. The molecule has 0 spiro atoms. The Labute approximate surface area is 207 Å². The van der Waals surface area contributed by atoms with Gasteiger partial charge in [-0.05, 0) is 37.2 Å². The molecule has 1 aliphatic rings. The molecule has 2 heterocycles. The van der Waals surface area contributed by atoms with Crippen LogP contribution in [-0.4, -0.2) is 47.6 Å². The van der Waals surface area contributed by atoms with Crippen molar-refractivity contribution in [3.05, 3.63) is 53.7 Å². The zero-order valence-corrected chi connectivity index (χ0v) is 19.6. The van der Waals surface area contributed by atoms with Gasteiger partial charge in [-0.15, -0.1) is 0 Å². The fourth-order valence-corrected chi connectivity index (χ4v) is 4.42. The third-order valence-corrected chi connectivity index (χ3v) is 6.32. The van der Waals surface area contributed by atoms with Crippen LogP contribution in [0.2, 0.25) is 5.02 Å². The van der Waals surface area contributed by atoms with Gasteiger partial charge in [0.05, 0.1) is 17.5 Å². The van der Waals surface area contributed by atoms with E-state index in [9.17, 15) is 18.0 Å². The molecule has 2 radical (unpaired) electrons. The number of hydrogen-bond acceptors (Lipinski definition) is 4. The molecule has 0 bridgehead atoms. The summed E-state index contributed by atoms with van der Waals surface area (Å²) in [6.45, 7) is 0.852. The highest BCUT2D eigenvalue weighted by molar-refractivity contribution is 6.36. The molecule has 3 aromatic rings. The molecule has 1 aromatic carbocycles. The van der Waals surface area contributed by atoms with Crippen LogP contribution in [0, 0.1) is 11.8 Å². The monoisotopic (exact) mass is 501 g/mol. The third-order valence-electron chi connectivity index (χ3n) is 5.99. The summed E-state index contributed by atoms with van der Waals surface area (Å²) in [4.78, 5) is 16.9. The summed E-state index contributed by atoms with van der Waals surface area (Å²) in [5.41, 5.74) is 2.33. The van der Waals surface area contributed by atoms with Crippen molar-refractivity contribution in [1.29, 1.82) is 0 Å². The smallest absolute Gasteiger partial charge is 0.370 e. The first kappa shape index (κ1) is 25.1. The average Bonchev–Trinajstić information content (AvgIpc) is 3.21. The largest absolute Gasteiger partial charge is 0.395 e. The Kier molecular flexibility index (Phi) is 7.69. The molecule has 4 rings (SSSR count). The predicted molar refractivity (Wildman–Crippen MR) is 131 cm³/mol. The summed E-state index contributed by atoms with van der Waals surface area (Å²) in [6, 6.07) is 9.19. The molecule has 35 heavy (non-hydrogen) atoms. The number of allylic oxidation sites excluding steroid dienone is 2. The number of carbonyl (C=O) groups excluding carboxylic acids is 1. The zero-order chi connectivity index (χ0) is 25.0. The minimum Gasteiger partial charge on any atom is -0.370 e. The van der Waals surface area contributed by atoms with E-state index >= 15 is 0 Å². The lowest BCUT2D eigenvalue weighted by Crippen LogP contribution is -2.41. The van der Waals surface area contributed by atoms with Crippen LogP contribution in [0.25, 0.3) is 16.9 Å². The summed E-state index contributed by atoms with van der Waals surface area (Å²) in [7, 11) is 6.03. The van der Waals surface area contributed by atoms with Gasteiger partial charge in [0.2, 0.25) is 5.91 Å². The van der Waals surface area contributed by atoms with Crippen molar-refractivity contribution >= 4 is 42.3 Å². The number of rotatable bonds is 8. The van der Waals surface area contributed by atoms with Gasteiger partial charge < -0.3 is 10.6 Å². The van der Waals surface area contributed by atoms with Crippen LogP contribution in [0.4, 0.5) is 19.0 Å². The second-order valence-electron chi connectivity index (χ2n) is 8.45. The standard InChI is InChI=1S/C24H24BClF3N5O/c25-18-14-32-34-21(13-20(33-22(18)34)16-8-2-4-10-19(16)26)30-11-5-6-12-31-23(35)15-7-1-3-9-17(15)24(27,28)29/h2-4,8-10,13-15,17,30H,1,5-7,11-12H2,(H,31,35). The van der Waals surface area contributed by atoms with E-state index < -0.39 is 23.9 Å². The third kappa shape index (κ3) is 5.81. The molecule has 0 fully saturated rings. The first-order valence-corrected chi connectivity index (χ1v) is 11.8. The van der Waals surface area contributed by atoms with E-state index in [1.807, 2.05) is 24.3 Å². The van der Waals surface area contributed by atoms with Crippen molar-refractivity contribution in [3.63, 3.8) is 0 Å². The normalized spacial score (nSPS) is 18.1. The van der Waals surface area contributed by atoms with Crippen molar-refractivity contribution in [1.82, 2.24) is 19.9 Å². The molecule has 1 amide bonds. The van der Waals surface area contributed by atoms with Crippen molar-refractivity contribution in [2.45, 2.75) is 31.9 Å². The van der Waals surface area contributed by atoms with Crippen LogP contribution in [0.5, 0.6) is 0 Å². The number of carbonyl (C=O) groups is 1. The number of fused-ring (bicyclic) bond motifs is 1. The first-order valence-electron chi connectivity index (χ1n) is 11.4. The van der Waals surface area contributed by atoms with Crippen molar-refractivity contribution in [3.8, 4) is 11.3 Å². The van der Waals surface area contributed by atoms with E-state index in [2.05, 4.69) is 20.7 Å². The molecule has 6 nitrogen and oxygen atoms in total. The molecule has 11 heteroatoms. The number of amides is 1. The fourth-order valence-electron chi connectivity index (χ4n) is 4.19. The van der Waals surface area contributed by atoms with Gasteiger partial charge in [-0.25, -0.2) is 4.98 Å². The van der Waals surface area contributed by atoms with Gasteiger partial charge in [0, 0.05) is 35.9 Å². The lowest BCUT2D eigenvalue weighted by Gasteiger charge is -2.28. The van der Waals surface area contributed by atoms with Gasteiger partial charge >= 0.3 is 6.18 Å². The molecule has 0 aliphatic heterocycles. The van der Waals surface area contributed by atoms with Crippen LogP contribution in [0.1, 0.15) is 25.7 Å². The van der Waals surface area contributed by atoms with Gasteiger partial charge in [-0.2, -0.15) is 22.8 Å². The Balaban J connectivity index is 1.33. The number of unbranched alkanes of at least 4 members (excludes halogenated alkanes) is 1. The number of anilines is 1. The van der Waals surface area contributed by atoms with Crippen molar-refractivity contribution < 1.29 is 18.0 Å². The van der Waals surface area contributed by atoms with Crippen LogP contribution in [-0.2, 0) is 4.79 Å². The highest BCUT2D eigenvalue weighted by atomic mass is 35.5. The molecule has 2 N–H and O–H groups in total. The maximum Gasteiger partial charge on any atom is 0.395 e. The topological polar surface area (TPSA) is 71.3 Å². The van der Waals surface area contributed by atoms with Gasteiger partial charge in [0.25, 0.3) is 0 Å². The molecule has 2 atom stereocenters. The summed E-state index contributed by atoms with van der Waals surface area (Å²) in [6.07, 6.45) is 1.65. The van der Waals surface area contributed by atoms with Crippen LogP contribution < -0.4 is 16.1 Å². The molecular weight excluding hydrogens is 478 g/mol.